The van der Waals surface area contributed by atoms with Gasteiger partial charge in [0.15, 0.2) is 0 Å². The normalized spacial score (nSPS) is 10.5. The van der Waals surface area contributed by atoms with E-state index in [9.17, 15) is 10.1 Å². The van der Waals surface area contributed by atoms with E-state index in [-0.39, 0.29) is 12.6 Å². The molecule has 5 nitrogen and oxygen atoms in total. The summed E-state index contributed by atoms with van der Waals surface area (Å²) >= 11 is 0. The number of carbonyl (C=O) groups is 1. The average molecular weight is 268 g/mol. The van der Waals surface area contributed by atoms with Gasteiger partial charge in [0.05, 0.1) is 17.6 Å². The molecule has 2 aromatic rings. The van der Waals surface area contributed by atoms with E-state index in [0.29, 0.717) is 11.4 Å². The van der Waals surface area contributed by atoms with Crippen LogP contribution >= 0.6 is 0 Å². The van der Waals surface area contributed by atoms with Crippen LogP contribution in [0.2, 0.25) is 0 Å². The van der Waals surface area contributed by atoms with Crippen LogP contribution in [0.25, 0.3) is 10.9 Å². The highest BCUT2D eigenvalue weighted by molar-refractivity contribution is 5.85. The predicted octanol–water partition coefficient (Wildman–Crippen LogP) is 1.81. The molecule has 0 fully saturated rings. The monoisotopic (exact) mass is 268 g/mol. The molecule has 1 aromatic heterocycles. The summed E-state index contributed by atoms with van der Waals surface area (Å²) in [6.45, 7) is 3.90. The van der Waals surface area contributed by atoms with Crippen molar-refractivity contribution in [3.63, 3.8) is 0 Å². The van der Waals surface area contributed by atoms with Crippen molar-refractivity contribution in [2.75, 3.05) is 11.4 Å². The minimum absolute atomic E-state index is 0.0169. The van der Waals surface area contributed by atoms with Crippen molar-refractivity contribution in [1.82, 2.24) is 4.98 Å². The number of para-hydroxylation sites is 1. The third kappa shape index (κ3) is 2.69. The predicted molar refractivity (Wildman–Crippen MR) is 78.1 cm³/mol. The van der Waals surface area contributed by atoms with E-state index < -0.39 is 5.91 Å². The van der Waals surface area contributed by atoms with E-state index in [1.165, 1.54) is 0 Å². The number of fused-ring (bicyclic) bond motifs is 1. The first-order chi connectivity index (χ1) is 9.52. The Morgan fingerprint density at radius 1 is 1.45 bits per heavy atom. The van der Waals surface area contributed by atoms with Crippen molar-refractivity contribution in [3.8, 4) is 6.07 Å². The number of aromatic nitrogens is 1. The molecule has 1 heterocycles. The number of nitrogens with two attached hydrogens (primary N) is 1. The summed E-state index contributed by atoms with van der Waals surface area (Å²) in [4.78, 5) is 17.5. The Hall–Kier alpha value is -2.61. The second-order valence-electron chi connectivity index (χ2n) is 4.85. The van der Waals surface area contributed by atoms with Gasteiger partial charge in [0.2, 0.25) is 5.91 Å². The average Bonchev–Trinajstić information content (AvgIpc) is 2.42. The summed E-state index contributed by atoms with van der Waals surface area (Å²) in [5, 5.41) is 10.2. The Balaban J connectivity index is 2.61. The van der Waals surface area contributed by atoms with Crippen LogP contribution in [0.5, 0.6) is 0 Å². The van der Waals surface area contributed by atoms with E-state index in [2.05, 4.69) is 11.1 Å². The number of anilines is 1. The summed E-state index contributed by atoms with van der Waals surface area (Å²) in [5.41, 5.74) is 6.51. The highest BCUT2D eigenvalue weighted by Gasteiger charge is 2.19. The summed E-state index contributed by atoms with van der Waals surface area (Å²) in [6, 6.07) is 11.5. The zero-order valence-electron chi connectivity index (χ0n) is 11.5. The van der Waals surface area contributed by atoms with Crippen LogP contribution in [-0.2, 0) is 4.79 Å². The molecule has 0 unspecified atom stereocenters. The number of nitriles is 1. The van der Waals surface area contributed by atoms with Crippen LogP contribution in [0.3, 0.4) is 0 Å². The third-order valence-electron chi connectivity index (χ3n) is 3.05. The molecular weight excluding hydrogens is 252 g/mol. The summed E-state index contributed by atoms with van der Waals surface area (Å²) in [6.07, 6.45) is 0. The molecule has 5 heteroatoms. The topological polar surface area (TPSA) is 83.0 Å². The van der Waals surface area contributed by atoms with Crippen molar-refractivity contribution in [2.45, 2.75) is 19.9 Å². The Morgan fingerprint density at radius 3 is 2.75 bits per heavy atom. The molecule has 0 bridgehead atoms. The van der Waals surface area contributed by atoms with Gasteiger partial charge in [-0.05, 0) is 26.0 Å². The van der Waals surface area contributed by atoms with E-state index in [0.717, 1.165) is 10.9 Å². The number of hydrogen-bond donors (Lipinski definition) is 1. The highest BCUT2D eigenvalue weighted by atomic mass is 16.1. The first kappa shape index (κ1) is 13.8. The molecular formula is C15H16N4O. The van der Waals surface area contributed by atoms with Crippen LogP contribution < -0.4 is 10.6 Å². The van der Waals surface area contributed by atoms with Gasteiger partial charge in [-0.3, -0.25) is 4.79 Å². The molecule has 0 spiro atoms. The molecule has 0 aliphatic carbocycles. The minimum atomic E-state index is -0.447. The maximum atomic E-state index is 11.2. The molecule has 1 aromatic carbocycles. The molecule has 0 saturated heterocycles. The first-order valence-electron chi connectivity index (χ1n) is 6.37. The highest BCUT2D eigenvalue weighted by Crippen LogP contribution is 2.24. The van der Waals surface area contributed by atoms with Crippen LogP contribution in [0.4, 0.5) is 5.82 Å². The Morgan fingerprint density at radius 2 is 2.15 bits per heavy atom. The lowest BCUT2D eigenvalue weighted by Crippen LogP contribution is -2.39. The molecule has 0 saturated carbocycles. The van der Waals surface area contributed by atoms with Gasteiger partial charge < -0.3 is 10.6 Å². The fraction of sp³-hybridized carbons (Fsp3) is 0.267. The van der Waals surface area contributed by atoms with Crippen LogP contribution in [-0.4, -0.2) is 23.5 Å². The molecule has 1 amide bonds. The second-order valence-corrected chi connectivity index (χ2v) is 4.85. The number of primary amides is 1. The van der Waals surface area contributed by atoms with Gasteiger partial charge in [0, 0.05) is 11.4 Å². The number of amides is 1. The van der Waals surface area contributed by atoms with Gasteiger partial charge in [0.25, 0.3) is 0 Å². The second kappa shape index (κ2) is 5.57. The fourth-order valence-corrected chi connectivity index (χ4v) is 2.08. The van der Waals surface area contributed by atoms with Gasteiger partial charge in [0.1, 0.15) is 11.9 Å². The zero-order chi connectivity index (χ0) is 14.7. The SMILES string of the molecule is CC(C)N(CC(N)=O)c1nc2ccccc2cc1C#N. The van der Waals surface area contributed by atoms with Crippen molar-refractivity contribution < 1.29 is 4.79 Å². The number of pyridine rings is 1. The maximum Gasteiger partial charge on any atom is 0.237 e. The fourth-order valence-electron chi connectivity index (χ4n) is 2.08. The smallest absolute Gasteiger partial charge is 0.237 e. The van der Waals surface area contributed by atoms with Crippen molar-refractivity contribution in [3.05, 3.63) is 35.9 Å². The van der Waals surface area contributed by atoms with Gasteiger partial charge in [-0.25, -0.2) is 4.98 Å². The third-order valence-corrected chi connectivity index (χ3v) is 3.05. The summed E-state index contributed by atoms with van der Waals surface area (Å²) in [5.74, 6) is 0.0533. The molecule has 20 heavy (non-hydrogen) atoms. The number of hydrogen-bond acceptors (Lipinski definition) is 4. The number of carbonyl (C=O) groups excluding carboxylic acids is 1. The summed E-state index contributed by atoms with van der Waals surface area (Å²) in [7, 11) is 0. The standard InChI is InChI=1S/C15H16N4O/c1-10(2)19(9-14(17)20)15-12(8-16)7-11-5-3-4-6-13(11)18-15/h3-7,10H,9H2,1-2H3,(H2,17,20). The summed E-state index contributed by atoms with van der Waals surface area (Å²) < 4.78 is 0. The minimum Gasteiger partial charge on any atom is -0.368 e. The van der Waals surface area contributed by atoms with Gasteiger partial charge in [-0.15, -0.1) is 0 Å². The number of nitrogens with zero attached hydrogens (tertiary/aromatic N) is 3. The Labute approximate surface area is 117 Å². The number of rotatable bonds is 4. The quantitative estimate of drug-likeness (QED) is 0.916. The van der Waals surface area contributed by atoms with E-state index >= 15 is 0 Å². The molecule has 2 rings (SSSR count). The largest absolute Gasteiger partial charge is 0.368 e. The van der Waals surface area contributed by atoms with Crippen molar-refractivity contribution in [1.29, 1.82) is 5.26 Å². The maximum absolute atomic E-state index is 11.2. The Bertz CT molecular complexity index is 688. The van der Waals surface area contributed by atoms with Crippen LogP contribution in [0, 0.1) is 11.3 Å². The lowest BCUT2D eigenvalue weighted by molar-refractivity contribution is -0.116. The Kier molecular flexibility index (Phi) is 3.85. The number of benzene rings is 1. The van der Waals surface area contributed by atoms with E-state index in [1.807, 2.05) is 38.1 Å². The first-order valence-corrected chi connectivity index (χ1v) is 6.37. The van der Waals surface area contributed by atoms with Gasteiger partial charge >= 0.3 is 0 Å². The molecule has 102 valence electrons. The van der Waals surface area contributed by atoms with Crippen molar-refractivity contribution in [2.24, 2.45) is 5.73 Å². The zero-order valence-corrected chi connectivity index (χ0v) is 11.5. The molecule has 0 aliphatic rings. The van der Waals surface area contributed by atoms with Gasteiger partial charge in [-0.1, -0.05) is 18.2 Å². The van der Waals surface area contributed by atoms with E-state index in [1.54, 1.807) is 11.0 Å². The molecule has 2 N–H and O–H groups in total. The van der Waals surface area contributed by atoms with E-state index in [4.69, 9.17) is 5.73 Å². The lowest BCUT2D eigenvalue weighted by Gasteiger charge is -2.27. The molecule has 0 radical (unpaired) electrons. The lowest BCUT2D eigenvalue weighted by atomic mass is 10.1. The molecule has 0 aliphatic heterocycles. The van der Waals surface area contributed by atoms with Gasteiger partial charge in [-0.2, -0.15) is 5.26 Å². The van der Waals surface area contributed by atoms with Crippen LogP contribution in [0.15, 0.2) is 30.3 Å². The van der Waals surface area contributed by atoms with Crippen molar-refractivity contribution >= 4 is 22.6 Å². The molecule has 0 atom stereocenters. The van der Waals surface area contributed by atoms with Crippen LogP contribution in [0.1, 0.15) is 19.4 Å².